The summed E-state index contributed by atoms with van der Waals surface area (Å²) in [5.74, 6) is 0. The number of H-pyrrole nitrogens is 1. The van der Waals surface area contributed by atoms with Gasteiger partial charge in [-0.1, -0.05) is 0 Å². The van der Waals surface area contributed by atoms with Crippen molar-refractivity contribution in [1.29, 1.82) is 0 Å². The predicted molar refractivity (Wildman–Crippen MR) is 50.1 cm³/mol. The van der Waals surface area contributed by atoms with Gasteiger partial charge in [0.15, 0.2) is 0 Å². The maximum absolute atomic E-state index is 11.6. The molecule has 0 aromatic carbocycles. The minimum Gasteiger partial charge on any atom is -0.394 e. The Hall–Kier alpha value is -0.920. The van der Waals surface area contributed by atoms with Crippen molar-refractivity contribution in [3.05, 3.63) is 12.4 Å². The zero-order valence-electron chi connectivity index (χ0n) is 7.98. The fourth-order valence-corrected chi connectivity index (χ4v) is 2.15. The van der Waals surface area contributed by atoms with Gasteiger partial charge in [0.1, 0.15) is 4.90 Å². The van der Waals surface area contributed by atoms with Gasteiger partial charge in [0.05, 0.1) is 18.3 Å². The zero-order valence-corrected chi connectivity index (χ0v) is 8.80. The van der Waals surface area contributed by atoms with E-state index in [1.165, 1.54) is 12.4 Å². The van der Waals surface area contributed by atoms with E-state index in [4.69, 9.17) is 5.11 Å². The summed E-state index contributed by atoms with van der Waals surface area (Å²) in [7, 11) is -3.59. The first-order chi connectivity index (χ1) is 6.37. The highest BCUT2D eigenvalue weighted by Gasteiger charge is 2.25. The molecule has 1 rings (SSSR count). The van der Waals surface area contributed by atoms with E-state index in [1.807, 2.05) is 0 Å². The van der Waals surface area contributed by atoms with Gasteiger partial charge in [0, 0.05) is 6.20 Å². The zero-order chi connectivity index (χ0) is 10.8. The number of aromatic amines is 1. The molecule has 80 valence electrons. The number of hydrogen-bond acceptors (Lipinski definition) is 4. The van der Waals surface area contributed by atoms with Crippen molar-refractivity contribution in [3.8, 4) is 0 Å². The van der Waals surface area contributed by atoms with E-state index in [9.17, 15) is 8.42 Å². The average molecular weight is 219 g/mol. The fourth-order valence-electron chi connectivity index (χ4n) is 0.841. The molecule has 0 fully saturated rings. The van der Waals surface area contributed by atoms with Crippen molar-refractivity contribution >= 4 is 10.0 Å². The molecule has 3 N–H and O–H groups in total. The highest BCUT2D eigenvalue weighted by Crippen LogP contribution is 2.10. The van der Waals surface area contributed by atoms with Gasteiger partial charge >= 0.3 is 0 Å². The summed E-state index contributed by atoms with van der Waals surface area (Å²) in [5, 5.41) is 14.9. The van der Waals surface area contributed by atoms with Crippen LogP contribution in [0.25, 0.3) is 0 Å². The van der Waals surface area contributed by atoms with Gasteiger partial charge in [0.25, 0.3) is 0 Å². The van der Waals surface area contributed by atoms with Crippen LogP contribution in [0, 0.1) is 0 Å². The molecule has 0 radical (unpaired) electrons. The largest absolute Gasteiger partial charge is 0.394 e. The number of nitrogens with zero attached hydrogens (tertiary/aromatic N) is 1. The lowest BCUT2D eigenvalue weighted by Crippen LogP contribution is -2.45. The van der Waals surface area contributed by atoms with Crippen LogP contribution < -0.4 is 4.72 Å². The molecule has 0 amide bonds. The van der Waals surface area contributed by atoms with E-state index in [1.54, 1.807) is 13.8 Å². The second-order valence-corrected chi connectivity index (χ2v) is 5.26. The number of hydrogen-bond donors (Lipinski definition) is 3. The van der Waals surface area contributed by atoms with Gasteiger partial charge in [-0.25, -0.2) is 13.1 Å². The Kier molecular flexibility index (Phi) is 2.93. The number of nitrogens with one attached hydrogen (secondary N) is 2. The molecule has 0 aliphatic carbocycles. The van der Waals surface area contributed by atoms with Gasteiger partial charge in [-0.15, -0.1) is 0 Å². The topological polar surface area (TPSA) is 95.1 Å². The van der Waals surface area contributed by atoms with Crippen LogP contribution in [0.1, 0.15) is 13.8 Å². The minimum absolute atomic E-state index is 0.0547. The number of rotatable bonds is 4. The second-order valence-electron chi connectivity index (χ2n) is 3.58. The highest BCUT2D eigenvalue weighted by atomic mass is 32.2. The van der Waals surface area contributed by atoms with Crippen LogP contribution in [-0.4, -0.2) is 35.9 Å². The van der Waals surface area contributed by atoms with E-state index in [2.05, 4.69) is 14.9 Å². The monoisotopic (exact) mass is 219 g/mol. The molecule has 0 unspecified atom stereocenters. The number of sulfonamides is 1. The second kappa shape index (κ2) is 3.68. The summed E-state index contributed by atoms with van der Waals surface area (Å²) in [4.78, 5) is 0.0547. The Bertz CT molecular complexity index is 382. The highest BCUT2D eigenvalue weighted by molar-refractivity contribution is 7.89. The Labute approximate surface area is 82.4 Å². The number of aliphatic hydroxyl groups excluding tert-OH is 1. The lowest BCUT2D eigenvalue weighted by molar-refractivity contribution is 0.208. The molecule has 0 saturated heterocycles. The molecule has 6 nitrogen and oxygen atoms in total. The van der Waals surface area contributed by atoms with Crippen molar-refractivity contribution in [2.45, 2.75) is 24.3 Å². The normalized spacial score (nSPS) is 13.1. The quantitative estimate of drug-likeness (QED) is 0.633. The van der Waals surface area contributed by atoms with E-state index < -0.39 is 15.6 Å². The summed E-state index contributed by atoms with van der Waals surface area (Å²) in [5.41, 5.74) is -0.879. The molecule has 1 aromatic heterocycles. The van der Waals surface area contributed by atoms with Gasteiger partial charge in [-0.2, -0.15) is 5.10 Å². The fraction of sp³-hybridized carbons (Fsp3) is 0.571. The molecule has 0 bridgehead atoms. The third-order valence-corrected chi connectivity index (χ3v) is 3.25. The van der Waals surface area contributed by atoms with Gasteiger partial charge < -0.3 is 5.11 Å². The molecule has 14 heavy (non-hydrogen) atoms. The van der Waals surface area contributed by atoms with Crippen LogP contribution >= 0.6 is 0 Å². The predicted octanol–water partition coefficient (Wildman–Crippen LogP) is -0.541. The molecule has 7 heteroatoms. The first-order valence-corrected chi connectivity index (χ1v) is 5.49. The molecule has 0 spiro atoms. The molecule has 1 heterocycles. The third-order valence-electron chi connectivity index (χ3n) is 1.59. The van der Waals surface area contributed by atoms with Crippen molar-refractivity contribution < 1.29 is 13.5 Å². The van der Waals surface area contributed by atoms with E-state index >= 15 is 0 Å². The molecule has 0 aliphatic heterocycles. The van der Waals surface area contributed by atoms with Crippen LogP contribution in [0.3, 0.4) is 0 Å². The summed E-state index contributed by atoms with van der Waals surface area (Å²) >= 11 is 0. The van der Waals surface area contributed by atoms with Gasteiger partial charge in [-0.05, 0) is 13.8 Å². The Morgan fingerprint density at radius 2 is 2.29 bits per heavy atom. The lowest BCUT2D eigenvalue weighted by Gasteiger charge is -2.22. The van der Waals surface area contributed by atoms with Crippen LogP contribution in [0.5, 0.6) is 0 Å². The average Bonchev–Trinajstić information content (AvgIpc) is 2.54. The van der Waals surface area contributed by atoms with Gasteiger partial charge in [-0.3, -0.25) is 5.10 Å². The van der Waals surface area contributed by atoms with Crippen molar-refractivity contribution in [2.24, 2.45) is 0 Å². The Balaban J connectivity index is 2.89. The minimum atomic E-state index is -3.59. The maximum Gasteiger partial charge on any atom is 0.244 e. The lowest BCUT2D eigenvalue weighted by atomic mass is 10.1. The van der Waals surface area contributed by atoms with Gasteiger partial charge in [0.2, 0.25) is 10.0 Å². The third kappa shape index (κ3) is 2.53. The van der Waals surface area contributed by atoms with Crippen molar-refractivity contribution in [2.75, 3.05) is 6.61 Å². The van der Waals surface area contributed by atoms with Crippen LogP contribution in [-0.2, 0) is 10.0 Å². The first-order valence-electron chi connectivity index (χ1n) is 4.01. The molecule has 0 atom stereocenters. The summed E-state index contributed by atoms with van der Waals surface area (Å²) in [6.07, 6.45) is 2.48. The number of aromatic nitrogens is 2. The van der Waals surface area contributed by atoms with Crippen LogP contribution in [0.2, 0.25) is 0 Å². The van der Waals surface area contributed by atoms with Crippen molar-refractivity contribution in [1.82, 2.24) is 14.9 Å². The molecular formula is C7H13N3O3S. The molecule has 0 aliphatic rings. The van der Waals surface area contributed by atoms with Crippen LogP contribution in [0.15, 0.2) is 17.3 Å². The molecule has 0 saturated carbocycles. The SMILES string of the molecule is CC(C)(CO)NS(=O)(=O)c1cn[nH]c1. The smallest absolute Gasteiger partial charge is 0.244 e. The van der Waals surface area contributed by atoms with E-state index in [-0.39, 0.29) is 11.5 Å². The summed E-state index contributed by atoms with van der Waals surface area (Å²) in [6, 6.07) is 0. The van der Waals surface area contributed by atoms with Crippen LogP contribution in [0.4, 0.5) is 0 Å². The Morgan fingerprint density at radius 3 is 2.71 bits per heavy atom. The van der Waals surface area contributed by atoms with E-state index in [0.717, 1.165) is 0 Å². The summed E-state index contributed by atoms with van der Waals surface area (Å²) < 4.78 is 25.5. The standard InChI is InChI=1S/C7H13N3O3S/c1-7(2,5-11)10-14(12,13)6-3-8-9-4-6/h3-4,10-11H,5H2,1-2H3,(H,8,9). The molecular weight excluding hydrogens is 206 g/mol. The van der Waals surface area contributed by atoms with Crippen molar-refractivity contribution in [3.63, 3.8) is 0 Å². The maximum atomic E-state index is 11.6. The van der Waals surface area contributed by atoms with E-state index in [0.29, 0.717) is 0 Å². The Morgan fingerprint density at radius 1 is 1.64 bits per heavy atom. The summed E-state index contributed by atoms with van der Waals surface area (Å²) in [6.45, 7) is 2.90. The number of aliphatic hydroxyl groups is 1. The molecule has 1 aromatic rings. The first kappa shape index (κ1) is 11.2.